The lowest BCUT2D eigenvalue weighted by atomic mass is 10.0. The number of pyridine rings is 1. The maximum Gasteiger partial charge on any atom is 0.163 e. The molecule has 0 unspecified atom stereocenters. The first-order valence-corrected chi connectivity index (χ1v) is 11.3. The number of benzene rings is 2. The Balaban J connectivity index is 1.61. The van der Waals surface area contributed by atoms with E-state index < -0.39 is 0 Å². The van der Waals surface area contributed by atoms with Crippen LogP contribution in [0.5, 0.6) is 5.75 Å². The molecule has 0 radical (unpaired) electrons. The van der Waals surface area contributed by atoms with Crippen molar-refractivity contribution >= 4 is 16.7 Å². The van der Waals surface area contributed by atoms with Crippen LogP contribution in [-0.4, -0.2) is 53.1 Å². The highest BCUT2D eigenvalue weighted by atomic mass is 19.1. The van der Waals surface area contributed by atoms with E-state index in [4.69, 9.17) is 14.7 Å². The number of hydrogen-bond donors (Lipinski definition) is 1. The Morgan fingerprint density at radius 1 is 1.00 bits per heavy atom. The summed E-state index contributed by atoms with van der Waals surface area (Å²) in [5, 5.41) is 4.01. The second-order valence-corrected chi connectivity index (χ2v) is 8.17. The number of anilines is 1. The summed E-state index contributed by atoms with van der Waals surface area (Å²) in [7, 11) is 1.83. The fourth-order valence-corrected chi connectivity index (χ4v) is 4.25. The third kappa shape index (κ3) is 4.64. The first kappa shape index (κ1) is 21.3. The van der Waals surface area contributed by atoms with Gasteiger partial charge in [0.1, 0.15) is 29.5 Å². The Labute approximate surface area is 192 Å². The molecule has 0 atom stereocenters. The maximum absolute atomic E-state index is 13.9. The summed E-state index contributed by atoms with van der Waals surface area (Å²) >= 11 is 0. The molecule has 168 valence electrons. The zero-order chi connectivity index (χ0) is 22.6. The summed E-state index contributed by atoms with van der Waals surface area (Å²) in [6.07, 6.45) is 5.95. The highest BCUT2D eigenvalue weighted by Crippen LogP contribution is 2.36. The first-order chi connectivity index (χ1) is 16.2. The van der Waals surface area contributed by atoms with Gasteiger partial charge in [0.05, 0.1) is 0 Å². The van der Waals surface area contributed by atoms with E-state index in [1.54, 1.807) is 18.5 Å². The van der Waals surface area contributed by atoms with Crippen LogP contribution in [0.25, 0.3) is 33.4 Å². The molecule has 5 rings (SSSR count). The molecule has 0 spiro atoms. The van der Waals surface area contributed by atoms with E-state index in [-0.39, 0.29) is 5.82 Å². The molecule has 7 heteroatoms. The van der Waals surface area contributed by atoms with Gasteiger partial charge in [-0.3, -0.25) is 9.88 Å². The Morgan fingerprint density at radius 2 is 1.85 bits per heavy atom. The molecule has 1 fully saturated rings. The minimum atomic E-state index is -0.277. The number of hydrogen-bond acceptors (Lipinski definition) is 6. The van der Waals surface area contributed by atoms with Gasteiger partial charge in [-0.05, 0) is 73.5 Å². The predicted molar refractivity (Wildman–Crippen MR) is 129 cm³/mol. The summed E-state index contributed by atoms with van der Waals surface area (Å²) < 4.78 is 20.2. The van der Waals surface area contributed by atoms with Crippen LogP contribution in [0.15, 0.2) is 60.9 Å². The second-order valence-electron chi connectivity index (χ2n) is 8.17. The van der Waals surface area contributed by atoms with Crippen LogP contribution in [0.2, 0.25) is 0 Å². The Morgan fingerprint density at radius 3 is 2.61 bits per heavy atom. The van der Waals surface area contributed by atoms with Crippen molar-refractivity contribution in [1.82, 2.24) is 19.9 Å². The number of likely N-dealkylation sites (tertiary alicyclic amines) is 1. The van der Waals surface area contributed by atoms with Crippen LogP contribution in [0.4, 0.5) is 10.2 Å². The minimum Gasteiger partial charge on any atom is -0.490 e. The maximum atomic E-state index is 13.9. The third-order valence-electron chi connectivity index (χ3n) is 5.94. The highest BCUT2D eigenvalue weighted by molar-refractivity contribution is 5.97. The molecule has 1 aliphatic heterocycles. The van der Waals surface area contributed by atoms with Crippen molar-refractivity contribution in [3.05, 3.63) is 66.7 Å². The van der Waals surface area contributed by atoms with E-state index in [1.807, 2.05) is 37.4 Å². The van der Waals surface area contributed by atoms with Crippen LogP contribution in [0.1, 0.15) is 12.8 Å². The standard InChI is InChI=1S/C26H26FN5O/c1-28-26-22-15-20(18-6-4-8-21(27)14-18)16-23(33-13-12-32-10-2-3-11-32)24(22)30-25(31-26)19-7-5-9-29-17-19/h4-9,14-17H,2-3,10-13H2,1H3,(H,28,30,31). The second kappa shape index (κ2) is 9.50. The number of rotatable bonds is 7. The van der Waals surface area contributed by atoms with Crippen LogP contribution in [0.3, 0.4) is 0 Å². The lowest BCUT2D eigenvalue weighted by Crippen LogP contribution is -2.25. The summed E-state index contributed by atoms with van der Waals surface area (Å²) in [4.78, 5) is 16.2. The molecule has 3 heterocycles. The third-order valence-corrected chi connectivity index (χ3v) is 5.94. The van der Waals surface area contributed by atoms with Gasteiger partial charge in [-0.15, -0.1) is 0 Å². The number of halogens is 1. The van der Waals surface area contributed by atoms with Crippen molar-refractivity contribution in [3.8, 4) is 28.3 Å². The first-order valence-electron chi connectivity index (χ1n) is 11.3. The number of nitrogens with zero attached hydrogens (tertiary/aromatic N) is 4. The van der Waals surface area contributed by atoms with Gasteiger partial charge in [0.25, 0.3) is 0 Å². The van der Waals surface area contributed by atoms with Crippen LogP contribution < -0.4 is 10.1 Å². The normalized spacial score (nSPS) is 14.0. The summed E-state index contributed by atoms with van der Waals surface area (Å²) in [5.41, 5.74) is 3.18. The molecule has 2 aromatic heterocycles. The monoisotopic (exact) mass is 443 g/mol. The SMILES string of the molecule is CNc1nc(-c2cccnc2)nc2c(OCCN3CCCC3)cc(-c3cccc(F)c3)cc12. The van der Waals surface area contributed by atoms with Crippen molar-refractivity contribution in [2.45, 2.75) is 12.8 Å². The highest BCUT2D eigenvalue weighted by Gasteiger charge is 2.17. The summed E-state index contributed by atoms with van der Waals surface area (Å²) in [6.45, 7) is 3.66. The van der Waals surface area contributed by atoms with Gasteiger partial charge in [-0.1, -0.05) is 12.1 Å². The van der Waals surface area contributed by atoms with E-state index in [0.717, 1.165) is 47.2 Å². The molecule has 1 N–H and O–H groups in total. The smallest absolute Gasteiger partial charge is 0.163 e. The van der Waals surface area contributed by atoms with Gasteiger partial charge in [0.15, 0.2) is 5.82 Å². The van der Waals surface area contributed by atoms with Gasteiger partial charge in [-0.2, -0.15) is 0 Å². The molecule has 0 aliphatic carbocycles. The molecule has 33 heavy (non-hydrogen) atoms. The Bertz CT molecular complexity index is 1260. The fourth-order valence-electron chi connectivity index (χ4n) is 4.25. The lowest BCUT2D eigenvalue weighted by Gasteiger charge is -2.17. The largest absolute Gasteiger partial charge is 0.490 e. The average molecular weight is 444 g/mol. The zero-order valence-electron chi connectivity index (χ0n) is 18.6. The van der Waals surface area contributed by atoms with E-state index in [1.165, 1.54) is 25.0 Å². The molecular weight excluding hydrogens is 417 g/mol. The van der Waals surface area contributed by atoms with Gasteiger partial charge in [0, 0.05) is 36.9 Å². The van der Waals surface area contributed by atoms with Crippen molar-refractivity contribution in [1.29, 1.82) is 0 Å². The molecule has 1 aliphatic rings. The van der Waals surface area contributed by atoms with Crippen molar-refractivity contribution in [2.75, 3.05) is 38.6 Å². The van der Waals surface area contributed by atoms with Crippen LogP contribution >= 0.6 is 0 Å². The Hall–Kier alpha value is -3.58. The fraction of sp³-hybridized carbons (Fsp3) is 0.269. The zero-order valence-corrected chi connectivity index (χ0v) is 18.6. The van der Waals surface area contributed by atoms with E-state index in [0.29, 0.717) is 24.0 Å². The van der Waals surface area contributed by atoms with Crippen molar-refractivity contribution in [2.24, 2.45) is 0 Å². The molecule has 0 amide bonds. The van der Waals surface area contributed by atoms with Crippen LogP contribution in [-0.2, 0) is 0 Å². The topological polar surface area (TPSA) is 63.2 Å². The molecule has 4 aromatic rings. The lowest BCUT2D eigenvalue weighted by molar-refractivity contribution is 0.239. The van der Waals surface area contributed by atoms with Crippen molar-refractivity contribution < 1.29 is 9.13 Å². The van der Waals surface area contributed by atoms with Gasteiger partial charge in [-0.25, -0.2) is 14.4 Å². The van der Waals surface area contributed by atoms with E-state index in [9.17, 15) is 4.39 Å². The predicted octanol–water partition coefficient (Wildman–Crippen LogP) is 5.01. The Kier molecular flexibility index (Phi) is 6.13. The molecule has 1 saturated heterocycles. The van der Waals surface area contributed by atoms with Gasteiger partial charge in [0.2, 0.25) is 0 Å². The van der Waals surface area contributed by atoms with Gasteiger partial charge >= 0.3 is 0 Å². The van der Waals surface area contributed by atoms with Crippen LogP contribution in [0, 0.1) is 5.82 Å². The molecule has 0 bridgehead atoms. The summed E-state index contributed by atoms with van der Waals surface area (Å²) in [6, 6.07) is 14.3. The number of ether oxygens (including phenoxy) is 1. The van der Waals surface area contributed by atoms with Gasteiger partial charge < -0.3 is 10.1 Å². The summed E-state index contributed by atoms with van der Waals surface area (Å²) in [5.74, 6) is 1.64. The molecule has 0 saturated carbocycles. The number of nitrogens with one attached hydrogen (secondary N) is 1. The average Bonchev–Trinajstić information content (AvgIpc) is 3.37. The van der Waals surface area contributed by atoms with E-state index in [2.05, 4.69) is 15.2 Å². The number of fused-ring (bicyclic) bond motifs is 1. The minimum absolute atomic E-state index is 0.277. The quantitative estimate of drug-likeness (QED) is 0.433. The molecule has 2 aromatic carbocycles. The molecule has 6 nitrogen and oxygen atoms in total. The number of aromatic nitrogens is 3. The van der Waals surface area contributed by atoms with Crippen molar-refractivity contribution in [3.63, 3.8) is 0 Å². The molecular formula is C26H26FN5O. The van der Waals surface area contributed by atoms with E-state index >= 15 is 0 Å².